The summed E-state index contributed by atoms with van der Waals surface area (Å²) in [6.07, 6.45) is 2.62. The molecule has 7 aromatic rings. The van der Waals surface area contributed by atoms with Gasteiger partial charge in [-0.1, -0.05) is 102 Å². The predicted octanol–water partition coefficient (Wildman–Crippen LogP) is 8.98. The van der Waals surface area contributed by atoms with Crippen LogP contribution in [0.4, 0.5) is 0 Å². The zero-order valence-corrected chi connectivity index (χ0v) is 24.7. The first-order valence-electron chi connectivity index (χ1n) is 13.5. The minimum absolute atomic E-state index is 0. The van der Waals surface area contributed by atoms with E-state index in [4.69, 9.17) is 14.4 Å². The molecule has 5 aromatic carbocycles. The minimum Gasteiger partial charge on any atom is -0.507 e. The normalized spacial score (nSPS) is 10.9. The molecule has 2 heterocycles. The van der Waals surface area contributed by atoms with Gasteiger partial charge in [-0.05, 0) is 47.4 Å². The van der Waals surface area contributed by atoms with Crippen LogP contribution in [-0.4, -0.2) is 15.1 Å². The number of phenolic OH excluding ortho intramolecular Hbond substituents is 1. The summed E-state index contributed by atoms with van der Waals surface area (Å²) in [5.74, 6) is 0.507. The molecular weight excluding hydrogens is 699 g/mol. The molecule has 0 amide bonds. The van der Waals surface area contributed by atoms with Crippen molar-refractivity contribution in [2.75, 3.05) is 0 Å². The molecule has 42 heavy (non-hydrogen) atoms. The number of hydrogen-bond acceptors (Lipinski definition) is 4. The molecule has 1 N–H and O–H groups in total. The Morgan fingerprint density at radius 1 is 0.643 bits per heavy atom. The third-order valence-electron chi connectivity index (χ3n) is 7.17. The van der Waals surface area contributed by atoms with Gasteiger partial charge in [0.15, 0.2) is 0 Å². The van der Waals surface area contributed by atoms with Crippen molar-refractivity contribution < 1.29 is 30.6 Å². The second-order valence-corrected chi connectivity index (χ2v) is 9.96. The quantitative estimate of drug-likeness (QED) is 0.174. The SMILES string of the molecule is Oc1ccccc1-c1nc2c(-c3[c-]c(-c4cc(-c5ccccc5)ccn4)cc(Cc4ccccc4)c3)cccc2o1.[Pt]. The van der Waals surface area contributed by atoms with E-state index >= 15 is 0 Å². The molecule has 0 aliphatic heterocycles. The maximum Gasteiger partial charge on any atom is 0.230 e. The summed E-state index contributed by atoms with van der Waals surface area (Å²) in [4.78, 5) is 9.57. The summed E-state index contributed by atoms with van der Waals surface area (Å²) in [6, 6.07) is 45.9. The third kappa shape index (κ3) is 5.54. The van der Waals surface area contributed by atoms with Crippen molar-refractivity contribution in [2.45, 2.75) is 6.42 Å². The Morgan fingerprint density at radius 3 is 2.17 bits per heavy atom. The smallest absolute Gasteiger partial charge is 0.230 e. The van der Waals surface area contributed by atoms with Gasteiger partial charge in [-0.15, -0.1) is 29.3 Å². The van der Waals surface area contributed by atoms with E-state index in [2.05, 4.69) is 60.7 Å². The van der Waals surface area contributed by atoms with Crippen molar-refractivity contribution >= 4 is 11.1 Å². The van der Waals surface area contributed by atoms with Crippen LogP contribution < -0.4 is 0 Å². The topological polar surface area (TPSA) is 59.2 Å². The second kappa shape index (κ2) is 12.0. The van der Waals surface area contributed by atoms with Crippen molar-refractivity contribution in [1.29, 1.82) is 0 Å². The number of nitrogens with zero attached hydrogens (tertiary/aromatic N) is 2. The molecule has 5 heteroatoms. The number of rotatable bonds is 6. The Hall–Kier alpha value is -4.79. The Bertz CT molecular complexity index is 1990. The van der Waals surface area contributed by atoms with Crippen LogP contribution in [0, 0.1) is 6.07 Å². The molecule has 0 atom stereocenters. The summed E-state index contributed by atoms with van der Waals surface area (Å²) in [7, 11) is 0. The van der Waals surface area contributed by atoms with Gasteiger partial charge in [0.05, 0.1) is 11.1 Å². The molecule has 0 unspecified atom stereocenters. The Balaban J connectivity index is 0.00000316. The molecule has 7 rings (SSSR count). The molecule has 206 valence electrons. The zero-order chi connectivity index (χ0) is 27.6. The van der Waals surface area contributed by atoms with E-state index in [-0.39, 0.29) is 26.8 Å². The molecule has 2 aromatic heterocycles. The second-order valence-electron chi connectivity index (χ2n) is 9.96. The molecular formula is C37H25N2O2Pt-. The van der Waals surface area contributed by atoms with Gasteiger partial charge in [-0.2, -0.15) is 0 Å². The van der Waals surface area contributed by atoms with Gasteiger partial charge in [0.2, 0.25) is 5.89 Å². The van der Waals surface area contributed by atoms with E-state index in [9.17, 15) is 5.11 Å². The first-order valence-corrected chi connectivity index (χ1v) is 13.5. The standard InChI is InChI=1S/C37H25N2O2.Pt/c40-34-16-8-7-14-32(34)37-39-36-31(15-9-17-35(36)41-37)29-21-26(20-25-10-3-1-4-11-25)22-30(23-29)33-24-28(18-19-38-33)27-12-5-2-6-13-27;/h1-19,21-22,24,40H,20H2;/q-1;. The van der Waals surface area contributed by atoms with Gasteiger partial charge in [-0.3, -0.25) is 4.98 Å². The largest absolute Gasteiger partial charge is 0.507 e. The van der Waals surface area contributed by atoms with Crippen molar-refractivity contribution in [3.8, 4) is 50.7 Å². The fourth-order valence-electron chi connectivity index (χ4n) is 5.17. The number of aromatic nitrogens is 2. The number of aromatic hydroxyl groups is 1. The van der Waals surface area contributed by atoms with Crippen LogP contribution >= 0.6 is 0 Å². The van der Waals surface area contributed by atoms with Crippen molar-refractivity contribution in [1.82, 2.24) is 9.97 Å². The zero-order valence-electron chi connectivity index (χ0n) is 22.5. The molecule has 0 saturated carbocycles. The monoisotopic (exact) mass is 724 g/mol. The van der Waals surface area contributed by atoms with Gasteiger partial charge < -0.3 is 9.52 Å². The first kappa shape index (κ1) is 27.4. The maximum absolute atomic E-state index is 10.4. The molecule has 0 radical (unpaired) electrons. The number of fused-ring (bicyclic) bond motifs is 1. The predicted molar refractivity (Wildman–Crippen MR) is 163 cm³/mol. The number of oxazole rings is 1. The van der Waals surface area contributed by atoms with Gasteiger partial charge in [0, 0.05) is 33.0 Å². The van der Waals surface area contributed by atoms with Crippen LogP contribution in [0.5, 0.6) is 5.75 Å². The number of benzene rings is 5. The summed E-state index contributed by atoms with van der Waals surface area (Å²) in [5.41, 5.74) is 10.1. The van der Waals surface area contributed by atoms with Crippen LogP contribution in [0.2, 0.25) is 0 Å². The average Bonchev–Trinajstić information content (AvgIpc) is 3.46. The van der Waals surface area contributed by atoms with Crippen molar-refractivity contribution in [3.05, 3.63) is 151 Å². The van der Waals surface area contributed by atoms with Gasteiger partial charge >= 0.3 is 0 Å². The van der Waals surface area contributed by atoms with Crippen LogP contribution in [0.3, 0.4) is 0 Å². The van der Waals surface area contributed by atoms with Crippen LogP contribution in [0.1, 0.15) is 11.1 Å². The summed E-state index contributed by atoms with van der Waals surface area (Å²) >= 11 is 0. The van der Waals surface area contributed by atoms with E-state index in [1.807, 2.05) is 60.8 Å². The molecule has 0 bridgehead atoms. The third-order valence-corrected chi connectivity index (χ3v) is 7.17. The summed E-state index contributed by atoms with van der Waals surface area (Å²) in [5, 5.41) is 10.4. The molecule has 0 saturated heterocycles. The minimum atomic E-state index is 0. The van der Waals surface area contributed by atoms with Gasteiger partial charge in [-0.25, -0.2) is 4.98 Å². The average molecular weight is 725 g/mol. The maximum atomic E-state index is 10.4. The van der Waals surface area contributed by atoms with E-state index in [0.29, 0.717) is 17.0 Å². The van der Waals surface area contributed by atoms with E-state index in [0.717, 1.165) is 51.0 Å². The number of pyridine rings is 1. The van der Waals surface area contributed by atoms with Crippen LogP contribution in [0.15, 0.2) is 138 Å². The Labute approximate surface area is 258 Å². The number of para-hydroxylation sites is 2. The first-order chi connectivity index (χ1) is 20.2. The van der Waals surface area contributed by atoms with Crippen molar-refractivity contribution in [3.63, 3.8) is 0 Å². The molecule has 0 aliphatic rings. The Kier molecular flexibility index (Phi) is 7.81. The van der Waals surface area contributed by atoms with Crippen molar-refractivity contribution in [2.24, 2.45) is 0 Å². The van der Waals surface area contributed by atoms with E-state index in [1.165, 1.54) is 5.56 Å². The van der Waals surface area contributed by atoms with Gasteiger partial charge in [0.1, 0.15) is 11.3 Å². The summed E-state index contributed by atoms with van der Waals surface area (Å²) in [6.45, 7) is 0. The molecule has 0 fully saturated rings. The fourth-order valence-corrected chi connectivity index (χ4v) is 5.17. The number of hydrogen-bond donors (Lipinski definition) is 1. The van der Waals surface area contributed by atoms with Crippen LogP contribution in [0.25, 0.3) is 56.1 Å². The fraction of sp³-hybridized carbons (Fsp3) is 0.0270. The number of phenols is 1. The van der Waals surface area contributed by atoms with Crippen LogP contribution in [-0.2, 0) is 27.5 Å². The molecule has 0 aliphatic carbocycles. The molecule has 4 nitrogen and oxygen atoms in total. The Morgan fingerprint density at radius 2 is 1.36 bits per heavy atom. The molecule has 0 spiro atoms. The van der Waals surface area contributed by atoms with E-state index in [1.54, 1.807) is 18.2 Å². The summed E-state index contributed by atoms with van der Waals surface area (Å²) < 4.78 is 6.11. The van der Waals surface area contributed by atoms with E-state index < -0.39 is 0 Å². The van der Waals surface area contributed by atoms with Gasteiger partial charge in [0.25, 0.3) is 0 Å².